The number of hydrogen-bond acceptors (Lipinski definition) is 5. The van der Waals surface area contributed by atoms with Crippen LogP contribution in [0.25, 0.3) is 0 Å². The fourth-order valence-corrected chi connectivity index (χ4v) is 2.34. The van der Waals surface area contributed by atoms with E-state index in [4.69, 9.17) is 4.74 Å². The molecule has 2 aliphatic heterocycles. The van der Waals surface area contributed by atoms with E-state index in [2.05, 4.69) is 9.98 Å². The van der Waals surface area contributed by atoms with Crippen LogP contribution in [-0.4, -0.2) is 36.4 Å². The minimum Gasteiger partial charge on any atom is -0.462 e. The van der Waals surface area contributed by atoms with Crippen molar-refractivity contribution >= 4 is 30.2 Å². The second kappa shape index (κ2) is 3.96. The summed E-state index contributed by atoms with van der Waals surface area (Å²) in [5.41, 5.74) is 0. The molecule has 2 aliphatic rings. The predicted molar refractivity (Wildman–Crippen MR) is 56.9 cm³/mol. The smallest absolute Gasteiger partial charge is 0.344 e. The number of nitrogens with zero attached hydrogens (tertiary/aromatic N) is 2. The molecule has 2 rings (SSSR count). The van der Waals surface area contributed by atoms with Crippen molar-refractivity contribution in [2.75, 3.05) is 6.61 Å². The van der Waals surface area contributed by atoms with Gasteiger partial charge in [-0.2, -0.15) is 0 Å². The van der Waals surface area contributed by atoms with Gasteiger partial charge in [0.1, 0.15) is 11.4 Å². The molecule has 0 amide bonds. The molecule has 0 fully saturated rings. The third kappa shape index (κ3) is 1.72. The lowest BCUT2D eigenvalue weighted by molar-refractivity contribution is -0.137. The van der Waals surface area contributed by atoms with E-state index in [9.17, 15) is 4.79 Å². The van der Waals surface area contributed by atoms with Gasteiger partial charge in [0.05, 0.1) is 11.5 Å². The second-order valence-corrected chi connectivity index (χ2v) is 4.01. The Labute approximate surface area is 86.1 Å². The van der Waals surface area contributed by atoms with Crippen LogP contribution >= 0.6 is 11.8 Å². The van der Waals surface area contributed by atoms with Crippen LogP contribution in [0.15, 0.2) is 21.0 Å². The van der Waals surface area contributed by atoms with Crippen LogP contribution in [0.5, 0.6) is 0 Å². The summed E-state index contributed by atoms with van der Waals surface area (Å²) in [5.74, 6) is -0.266. The molecule has 0 bridgehead atoms. The number of ether oxygens (including phenoxy) is 1. The maximum absolute atomic E-state index is 11.4. The first-order valence-corrected chi connectivity index (χ1v) is 5.29. The lowest BCUT2D eigenvalue weighted by Gasteiger charge is -2.11. The largest absolute Gasteiger partial charge is 0.462 e. The molecule has 0 N–H and O–H groups in total. The molecule has 0 aromatic heterocycles. The van der Waals surface area contributed by atoms with Gasteiger partial charge < -0.3 is 4.74 Å². The number of thioether (sulfide) groups is 1. The number of carbonyl (C=O) groups is 1. The van der Waals surface area contributed by atoms with Gasteiger partial charge in [0.25, 0.3) is 0 Å². The van der Waals surface area contributed by atoms with Gasteiger partial charge in [-0.3, -0.25) is 9.98 Å². The second-order valence-electron chi connectivity index (χ2n) is 2.85. The first kappa shape index (κ1) is 9.45. The fraction of sp³-hybridized carbons (Fsp3) is 0.444. The first-order chi connectivity index (χ1) is 6.81. The van der Waals surface area contributed by atoms with Crippen molar-refractivity contribution in [3.63, 3.8) is 0 Å². The molecular formula is C9H10N2O2S. The Morgan fingerprint density at radius 1 is 1.57 bits per heavy atom. The van der Waals surface area contributed by atoms with Crippen LogP contribution in [0.2, 0.25) is 0 Å². The summed E-state index contributed by atoms with van der Waals surface area (Å²) >= 11 is 1.42. The third-order valence-corrected chi connectivity index (χ3v) is 3.10. The Morgan fingerprint density at radius 2 is 2.36 bits per heavy atom. The maximum atomic E-state index is 11.4. The zero-order valence-electron chi connectivity index (χ0n) is 7.71. The van der Waals surface area contributed by atoms with Crippen LogP contribution in [-0.2, 0) is 9.53 Å². The van der Waals surface area contributed by atoms with Crippen LogP contribution in [0, 0.1) is 0 Å². The molecule has 2 atom stereocenters. The summed E-state index contributed by atoms with van der Waals surface area (Å²) in [6, 6.07) is 0.00408. The molecule has 0 saturated heterocycles. The lowest BCUT2D eigenvalue weighted by Crippen LogP contribution is -2.16. The Hall–Kier alpha value is -1.10. The number of aliphatic imine (C=N–C) groups is 2. The van der Waals surface area contributed by atoms with E-state index in [1.165, 1.54) is 11.8 Å². The van der Waals surface area contributed by atoms with Crippen LogP contribution in [0.1, 0.15) is 6.92 Å². The highest BCUT2D eigenvalue weighted by atomic mass is 32.2. The van der Waals surface area contributed by atoms with Crippen molar-refractivity contribution < 1.29 is 9.53 Å². The summed E-state index contributed by atoms with van der Waals surface area (Å²) in [6.45, 7) is 2.19. The number of rotatable bonds is 2. The van der Waals surface area contributed by atoms with Crippen molar-refractivity contribution in [1.29, 1.82) is 0 Å². The number of esters is 1. The molecule has 0 aliphatic carbocycles. The molecule has 2 unspecified atom stereocenters. The van der Waals surface area contributed by atoms with E-state index in [0.717, 1.165) is 0 Å². The average molecular weight is 210 g/mol. The van der Waals surface area contributed by atoms with Gasteiger partial charge >= 0.3 is 5.97 Å². The van der Waals surface area contributed by atoms with Gasteiger partial charge in [-0.25, -0.2) is 4.79 Å². The summed E-state index contributed by atoms with van der Waals surface area (Å²) in [4.78, 5) is 20.4. The Bertz CT molecular complexity index is 336. The molecule has 74 valence electrons. The Balaban J connectivity index is 2.07. The fourth-order valence-electron chi connectivity index (χ4n) is 1.29. The molecule has 14 heavy (non-hydrogen) atoms. The van der Waals surface area contributed by atoms with E-state index in [1.54, 1.807) is 19.4 Å². The lowest BCUT2D eigenvalue weighted by atomic mass is 10.2. The highest BCUT2D eigenvalue weighted by Crippen LogP contribution is 2.36. The van der Waals surface area contributed by atoms with Crippen LogP contribution in [0.3, 0.4) is 0 Å². The molecule has 0 spiro atoms. The SMILES string of the molecule is CCOC(=O)C1=CC2N=CC=NC2S1. The molecule has 0 radical (unpaired) electrons. The minimum atomic E-state index is -0.266. The van der Waals surface area contributed by atoms with E-state index >= 15 is 0 Å². The molecular weight excluding hydrogens is 200 g/mol. The molecule has 5 heteroatoms. The van der Waals surface area contributed by atoms with Crippen molar-refractivity contribution in [3.05, 3.63) is 11.0 Å². The van der Waals surface area contributed by atoms with Crippen LogP contribution < -0.4 is 0 Å². The van der Waals surface area contributed by atoms with Crippen molar-refractivity contribution in [1.82, 2.24) is 0 Å². The predicted octanol–water partition coefficient (Wildman–Crippen LogP) is 1.03. The van der Waals surface area contributed by atoms with Crippen LogP contribution in [0.4, 0.5) is 0 Å². The third-order valence-electron chi connectivity index (χ3n) is 1.90. The summed E-state index contributed by atoms with van der Waals surface area (Å²) in [7, 11) is 0. The summed E-state index contributed by atoms with van der Waals surface area (Å²) in [6.07, 6.45) is 5.14. The van der Waals surface area contributed by atoms with E-state index in [0.29, 0.717) is 11.5 Å². The maximum Gasteiger partial charge on any atom is 0.344 e. The van der Waals surface area contributed by atoms with Gasteiger partial charge in [-0.15, -0.1) is 0 Å². The van der Waals surface area contributed by atoms with Crippen molar-refractivity contribution in [3.8, 4) is 0 Å². The number of hydrogen-bond donors (Lipinski definition) is 0. The van der Waals surface area contributed by atoms with Gasteiger partial charge in [0.2, 0.25) is 0 Å². The summed E-state index contributed by atoms with van der Waals surface area (Å²) < 4.78 is 4.90. The highest BCUT2D eigenvalue weighted by Gasteiger charge is 2.31. The number of carbonyl (C=O) groups excluding carboxylic acids is 1. The molecule has 2 heterocycles. The van der Waals surface area contributed by atoms with Crippen molar-refractivity contribution in [2.45, 2.75) is 18.3 Å². The summed E-state index contributed by atoms with van der Waals surface area (Å²) in [5, 5.41) is 0.0272. The Kier molecular flexibility index (Phi) is 2.67. The normalized spacial score (nSPS) is 28.5. The highest BCUT2D eigenvalue weighted by molar-refractivity contribution is 8.04. The minimum absolute atomic E-state index is 0.00408. The quantitative estimate of drug-likeness (QED) is 0.640. The molecule has 0 aromatic carbocycles. The molecule has 0 aromatic rings. The zero-order chi connectivity index (χ0) is 9.97. The van der Waals surface area contributed by atoms with Gasteiger partial charge in [-0.05, 0) is 13.0 Å². The van der Waals surface area contributed by atoms with Gasteiger partial charge in [0.15, 0.2) is 0 Å². The molecule has 4 nitrogen and oxygen atoms in total. The molecule has 0 saturated carbocycles. The van der Waals surface area contributed by atoms with Crippen molar-refractivity contribution in [2.24, 2.45) is 9.98 Å². The zero-order valence-corrected chi connectivity index (χ0v) is 8.53. The standard InChI is InChI=1S/C9H10N2O2S/c1-2-13-9(12)7-5-6-8(14-7)11-4-3-10-6/h3-6,8H,2H2,1H3. The number of fused-ring (bicyclic) bond motifs is 1. The topological polar surface area (TPSA) is 51.0 Å². The first-order valence-electron chi connectivity index (χ1n) is 4.42. The van der Waals surface area contributed by atoms with Gasteiger partial charge in [-0.1, -0.05) is 11.8 Å². The van der Waals surface area contributed by atoms with E-state index < -0.39 is 0 Å². The average Bonchev–Trinajstić information content (AvgIpc) is 2.61. The van der Waals surface area contributed by atoms with E-state index in [-0.39, 0.29) is 17.4 Å². The van der Waals surface area contributed by atoms with E-state index in [1.807, 2.05) is 6.08 Å². The van der Waals surface area contributed by atoms with Gasteiger partial charge in [0, 0.05) is 12.4 Å². The Morgan fingerprint density at radius 3 is 3.07 bits per heavy atom. The monoisotopic (exact) mass is 210 g/mol.